The van der Waals surface area contributed by atoms with Crippen LogP contribution in [0.1, 0.15) is 27.9 Å². The molecule has 33 heavy (non-hydrogen) atoms. The Kier molecular flexibility index (Phi) is 6.49. The molecule has 10 heteroatoms. The van der Waals surface area contributed by atoms with Gasteiger partial charge in [0.05, 0.1) is 6.54 Å². The molecule has 1 fully saturated rings. The molecule has 2 amide bonds. The van der Waals surface area contributed by atoms with Crippen molar-refractivity contribution in [3.8, 4) is 11.1 Å². The van der Waals surface area contributed by atoms with E-state index in [1.807, 2.05) is 0 Å². The Morgan fingerprint density at radius 1 is 1.15 bits per heavy atom. The van der Waals surface area contributed by atoms with Gasteiger partial charge in [-0.15, -0.1) is 0 Å². The number of nitrogens with one attached hydrogen (secondary N) is 2. The van der Waals surface area contributed by atoms with Gasteiger partial charge in [0.25, 0.3) is 11.8 Å². The van der Waals surface area contributed by atoms with Gasteiger partial charge in [-0.2, -0.15) is 8.78 Å². The zero-order chi connectivity index (χ0) is 23.8. The highest BCUT2D eigenvalue weighted by atomic mass is 79.9. The van der Waals surface area contributed by atoms with E-state index in [0.717, 1.165) is 0 Å². The van der Waals surface area contributed by atoms with Crippen LogP contribution in [-0.4, -0.2) is 55.4 Å². The van der Waals surface area contributed by atoms with Crippen molar-refractivity contribution in [1.82, 2.24) is 15.5 Å². The third-order valence-corrected chi connectivity index (χ3v) is 6.44. The van der Waals surface area contributed by atoms with Crippen LogP contribution in [0.4, 0.5) is 8.78 Å². The van der Waals surface area contributed by atoms with E-state index in [9.17, 15) is 23.2 Å². The van der Waals surface area contributed by atoms with Crippen LogP contribution in [-0.2, 0) is 19.3 Å². The molecule has 2 aliphatic rings. The van der Waals surface area contributed by atoms with Gasteiger partial charge in [-0.25, -0.2) is 4.79 Å². The molecule has 2 aromatic rings. The number of benzene rings is 2. The SMILES string of the molecule is CNCC1C[C@@H](C(=O)OBr)N(C(=O)CNC(=O)c2ccc3c(c2)-c2ccccc2C3(F)F)C1. The van der Waals surface area contributed by atoms with Crippen LogP contribution < -0.4 is 10.6 Å². The summed E-state index contributed by atoms with van der Waals surface area (Å²) in [5, 5.41) is 5.57. The highest BCUT2D eigenvalue weighted by Gasteiger charge is 2.44. The Morgan fingerprint density at radius 2 is 1.88 bits per heavy atom. The van der Waals surface area contributed by atoms with E-state index in [1.54, 1.807) is 25.2 Å². The number of hydrogen-bond acceptors (Lipinski definition) is 5. The summed E-state index contributed by atoms with van der Waals surface area (Å²) >= 11 is 2.67. The van der Waals surface area contributed by atoms with Gasteiger partial charge in [-0.3, -0.25) is 9.59 Å². The molecule has 1 unspecified atom stereocenters. The minimum Gasteiger partial charge on any atom is -0.382 e. The first-order valence-electron chi connectivity index (χ1n) is 10.4. The largest absolute Gasteiger partial charge is 0.382 e. The maximum Gasteiger partial charge on any atom is 0.340 e. The molecule has 0 saturated carbocycles. The monoisotopic (exact) mass is 521 g/mol. The Hall–Kier alpha value is -2.85. The zero-order valence-electron chi connectivity index (χ0n) is 17.7. The van der Waals surface area contributed by atoms with Crippen molar-refractivity contribution >= 4 is 34.0 Å². The van der Waals surface area contributed by atoms with Gasteiger partial charge in [0.1, 0.15) is 6.04 Å². The van der Waals surface area contributed by atoms with Crippen molar-refractivity contribution in [2.75, 3.05) is 26.7 Å². The number of carbonyl (C=O) groups is 3. The maximum absolute atomic E-state index is 14.7. The topological polar surface area (TPSA) is 87.7 Å². The number of halogens is 3. The summed E-state index contributed by atoms with van der Waals surface area (Å²) in [4.78, 5) is 38.9. The molecule has 4 rings (SSSR count). The predicted octanol–water partition coefficient (Wildman–Crippen LogP) is 2.83. The van der Waals surface area contributed by atoms with Crippen LogP contribution >= 0.6 is 16.3 Å². The highest BCUT2D eigenvalue weighted by molar-refractivity contribution is 9.06. The Labute approximate surface area is 197 Å². The minimum atomic E-state index is -3.13. The number of amides is 2. The molecule has 2 atom stereocenters. The third-order valence-electron chi connectivity index (χ3n) is 6.12. The first-order valence-corrected chi connectivity index (χ1v) is 11.1. The van der Waals surface area contributed by atoms with Gasteiger partial charge in [-0.05, 0) is 49.2 Å². The van der Waals surface area contributed by atoms with Crippen LogP contribution in [0.2, 0.25) is 0 Å². The van der Waals surface area contributed by atoms with Crippen LogP contribution in [0, 0.1) is 5.92 Å². The van der Waals surface area contributed by atoms with Crippen molar-refractivity contribution in [3.63, 3.8) is 0 Å². The third kappa shape index (κ3) is 4.24. The normalized spacial score (nSPS) is 20.2. The lowest BCUT2D eigenvalue weighted by Crippen LogP contribution is -2.45. The first kappa shape index (κ1) is 23.3. The van der Waals surface area contributed by atoms with E-state index in [2.05, 4.69) is 30.7 Å². The molecule has 1 heterocycles. The fourth-order valence-corrected chi connectivity index (χ4v) is 4.80. The van der Waals surface area contributed by atoms with Crippen LogP contribution in [0.5, 0.6) is 0 Å². The second-order valence-electron chi connectivity index (χ2n) is 8.18. The molecule has 7 nitrogen and oxygen atoms in total. The van der Waals surface area contributed by atoms with Crippen molar-refractivity contribution in [1.29, 1.82) is 0 Å². The number of likely N-dealkylation sites (tertiary alicyclic amines) is 1. The summed E-state index contributed by atoms with van der Waals surface area (Å²) in [6.45, 7) is 0.650. The molecule has 0 spiro atoms. The summed E-state index contributed by atoms with van der Waals surface area (Å²) in [6, 6.07) is 9.43. The second kappa shape index (κ2) is 9.18. The molecule has 2 N–H and O–H groups in total. The van der Waals surface area contributed by atoms with E-state index >= 15 is 0 Å². The molecular formula is C23H22BrF2N3O4. The smallest absolute Gasteiger partial charge is 0.340 e. The molecule has 1 aliphatic heterocycles. The van der Waals surface area contributed by atoms with Crippen molar-refractivity contribution in [2.24, 2.45) is 5.92 Å². The van der Waals surface area contributed by atoms with Gasteiger partial charge >= 0.3 is 5.97 Å². The molecule has 1 aliphatic carbocycles. The summed E-state index contributed by atoms with van der Waals surface area (Å²) in [5.41, 5.74) is 0.596. The van der Waals surface area contributed by atoms with Crippen LogP contribution in [0.25, 0.3) is 11.1 Å². The summed E-state index contributed by atoms with van der Waals surface area (Å²) in [7, 11) is 1.79. The average Bonchev–Trinajstić information content (AvgIpc) is 3.34. The van der Waals surface area contributed by atoms with Gasteiger partial charge in [0.2, 0.25) is 5.91 Å². The number of hydrogen-bond donors (Lipinski definition) is 2. The molecule has 174 valence electrons. The van der Waals surface area contributed by atoms with Crippen LogP contribution in [0.15, 0.2) is 42.5 Å². The number of nitrogens with zero attached hydrogens (tertiary/aromatic N) is 1. The van der Waals surface area contributed by atoms with Crippen LogP contribution in [0.3, 0.4) is 0 Å². The standard InChI is InChI=1S/C23H22BrF2N3O4/c1-27-10-13-8-19(22(32)33-24)29(12-13)20(30)11-28-21(31)14-6-7-18-16(9-14)15-4-2-3-5-17(15)23(18,25)26/h2-7,9,13,19,27H,8,10-12H2,1H3,(H,28,31)/t13?,19-/m0/s1. The van der Waals surface area contributed by atoms with Gasteiger partial charge < -0.3 is 19.4 Å². The van der Waals surface area contributed by atoms with Gasteiger partial charge in [0.15, 0.2) is 16.3 Å². The van der Waals surface area contributed by atoms with E-state index in [0.29, 0.717) is 30.6 Å². The Morgan fingerprint density at radius 3 is 2.61 bits per heavy atom. The predicted molar refractivity (Wildman–Crippen MR) is 120 cm³/mol. The van der Waals surface area contributed by atoms with E-state index < -0.39 is 29.7 Å². The van der Waals surface area contributed by atoms with Gasteiger partial charge in [-0.1, -0.05) is 30.3 Å². The number of rotatable bonds is 6. The lowest BCUT2D eigenvalue weighted by Gasteiger charge is -2.22. The molecule has 1 saturated heterocycles. The van der Waals surface area contributed by atoms with Crippen molar-refractivity contribution in [3.05, 3.63) is 59.2 Å². The molecule has 0 radical (unpaired) electrons. The fraction of sp³-hybridized carbons (Fsp3) is 0.348. The number of alkyl halides is 2. The molecule has 2 aromatic carbocycles. The summed E-state index contributed by atoms with van der Waals surface area (Å²) in [5.74, 6) is -4.63. The minimum absolute atomic E-state index is 0.0738. The fourth-order valence-electron chi connectivity index (χ4n) is 4.59. The van der Waals surface area contributed by atoms with E-state index in [1.165, 1.54) is 29.2 Å². The lowest BCUT2D eigenvalue weighted by atomic mass is 10.0. The summed E-state index contributed by atoms with van der Waals surface area (Å²) in [6.07, 6.45) is 0.448. The Bertz CT molecular complexity index is 1110. The first-order chi connectivity index (χ1) is 15.8. The quantitative estimate of drug-likeness (QED) is 0.610. The Balaban J connectivity index is 1.47. The van der Waals surface area contributed by atoms with Gasteiger partial charge in [0, 0.05) is 23.2 Å². The highest BCUT2D eigenvalue weighted by Crippen LogP contribution is 2.50. The molecular weight excluding hydrogens is 500 g/mol. The van der Waals surface area contributed by atoms with E-state index in [4.69, 9.17) is 0 Å². The number of fused-ring (bicyclic) bond motifs is 3. The molecule has 0 bridgehead atoms. The number of carbonyl (C=O) groups excluding carboxylic acids is 3. The molecule has 0 aromatic heterocycles. The second-order valence-corrected chi connectivity index (χ2v) is 8.50. The lowest BCUT2D eigenvalue weighted by molar-refractivity contribution is -0.144. The average molecular weight is 522 g/mol. The zero-order valence-corrected chi connectivity index (χ0v) is 19.3. The van der Waals surface area contributed by atoms with E-state index in [-0.39, 0.29) is 29.2 Å². The van der Waals surface area contributed by atoms with Crippen molar-refractivity contribution < 1.29 is 27.0 Å². The maximum atomic E-state index is 14.7. The van der Waals surface area contributed by atoms with Crippen molar-refractivity contribution in [2.45, 2.75) is 18.4 Å². The summed E-state index contributed by atoms with van der Waals surface area (Å²) < 4.78 is 34.1.